The van der Waals surface area contributed by atoms with Crippen LogP contribution in [0, 0.1) is 5.82 Å². The Balaban J connectivity index is 1.64. The second-order valence-electron chi connectivity index (χ2n) is 6.61. The third-order valence-electron chi connectivity index (χ3n) is 4.57. The molecule has 0 radical (unpaired) electrons. The first-order valence-electron chi connectivity index (χ1n) is 8.90. The average Bonchev–Trinajstić information content (AvgIpc) is 3.14. The van der Waals surface area contributed by atoms with Crippen LogP contribution in [0.25, 0.3) is 0 Å². The van der Waals surface area contributed by atoms with Crippen LogP contribution in [0.1, 0.15) is 17.0 Å². The maximum atomic E-state index is 13.4. The van der Waals surface area contributed by atoms with E-state index in [9.17, 15) is 9.18 Å². The van der Waals surface area contributed by atoms with Crippen LogP contribution in [0.4, 0.5) is 14.9 Å². The summed E-state index contributed by atoms with van der Waals surface area (Å²) in [5, 5.41) is 9.48. The lowest BCUT2D eigenvalue weighted by molar-refractivity contribution is 0.218. The summed E-state index contributed by atoms with van der Waals surface area (Å²) in [5.41, 5.74) is 2.74. The SMILES string of the molecule is O=C(Nc1cc(Cl)nc(Cl)c1)N1CC(c2ccc(F)cc2)C(c2ccc(Cl)cc2)=N1. The normalized spacial score (nSPS) is 15.8. The van der Waals surface area contributed by atoms with Crippen LogP contribution in [0.2, 0.25) is 15.3 Å². The van der Waals surface area contributed by atoms with Gasteiger partial charge in [-0.05, 0) is 47.5 Å². The molecule has 0 fully saturated rings. The van der Waals surface area contributed by atoms with E-state index in [1.807, 2.05) is 12.1 Å². The van der Waals surface area contributed by atoms with Crippen LogP contribution < -0.4 is 5.32 Å². The summed E-state index contributed by atoms with van der Waals surface area (Å²) in [7, 11) is 0. The quantitative estimate of drug-likeness (QED) is 0.469. The number of aromatic nitrogens is 1. The molecule has 0 bridgehead atoms. The van der Waals surface area contributed by atoms with Crippen molar-refractivity contribution in [3.8, 4) is 0 Å². The monoisotopic (exact) mass is 462 g/mol. The molecule has 1 N–H and O–H groups in total. The Labute approximate surface area is 187 Å². The van der Waals surface area contributed by atoms with Gasteiger partial charge in [0.2, 0.25) is 0 Å². The largest absolute Gasteiger partial charge is 0.342 e. The van der Waals surface area contributed by atoms with E-state index in [1.165, 1.54) is 29.3 Å². The number of benzene rings is 2. The maximum absolute atomic E-state index is 13.4. The summed E-state index contributed by atoms with van der Waals surface area (Å²) in [6.07, 6.45) is 0. The van der Waals surface area contributed by atoms with Gasteiger partial charge in [-0.3, -0.25) is 0 Å². The highest BCUT2D eigenvalue weighted by Crippen LogP contribution is 2.30. The number of urea groups is 1. The van der Waals surface area contributed by atoms with Gasteiger partial charge in [0.1, 0.15) is 16.1 Å². The van der Waals surface area contributed by atoms with Crippen molar-refractivity contribution < 1.29 is 9.18 Å². The molecule has 0 saturated heterocycles. The van der Waals surface area contributed by atoms with Crippen molar-refractivity contribution in [3.05, 3.63) is 92.9 Å². The Morgan fingerprint density at radius 2 is 1.63 bits per heavy atom. The van der Waals surface area contributed by atoms with Crippen LogP contribution in [0.3, 0.4) is 0 Å². The molecule has 1 aliphatic rings. The van der Waals surface area contributed by atoms with E-state index in [0.717, 1.165) is 11.1 Å². The minimum atomic E-state index is -0.454. The Morgan fingerprint density at radius 3 is 2.27 bits per heavy atom. The lowest BCUT2D eigenvalue weighted by atomic mass is 9.90. The summed E-state index contributed by atoms with van der Waals surface area (Å²) in [5.74, 6) is -0.565. The Morgan fingerprint density at radius 1 is 1.00 bits per heavy atom. The van der Waals surface area contributed by atoms with Gasteiger partial charge >= 0.3 is 6.03 Å². The number of carbonyl (C=O) groups is 1. The first-order valence-corrected chi connectivity index (χ1v) is 10.0. The summed E-state index contributed by atoms with van der Waals surface area (Å²) < 4.78 is 13.4. The lowest BCUT2D eigenvalue weighted by Gasteiger charge is -2.16. The maximum Gasteiger partial charge on any atom is 0.342 e. The molecule has 30 heavy (non-hydrogen) atoms. The van der Waals surface area contributed by atoms with E-state index >= 15 is 0 Å². The van der Waals surface area contributed by atoms with Crippen molar-refractivity contribution in [2.75, 3.05) is 11.9 Å². The van der Waals surface area contributed by atoms with Gasteiger partial charge in [-0.2, -0.15) is 5.10 Å². The molecular formula is C21H14Cl3FN4O. The van der Waals surface area contributed by atoms with Crippen LogP contribution in [0.15, 0.2) is 65.8 Å². The molecule has 1 unspecified atom stereocenters. The van der Waals surface area contributed by atoms with E-state index in [1.54, 1.807) is 24.3 Å². The van der Waals surface area contributed by atoms with E-state index in [-0.39, 0.29) is 28.6 Å². The Hall–Kier alpha value is -2.67. The number of nitrogens with zero attached hydrogens (tertiary/aromatic N) is 3. The van der Waals surface area contributed by atoms with Crippen LogP contribution in [0.5, 0.6) is 0 Å². The van der Waals surface area contributed by atoms with E-state index in [4.69, 9.17) is 34.8 Å². The first kappa shape index (κ1) is 20.6. The number of rotatable bonds is 3. The number of pyridine rings is 1. The van der Waals surface area contributed by atoms with Crippen molar-refractivity contribution in [1.29, 1.82) is 0 Å². The van der Waals surface area contributed by atoms with E-state index in [0.29, 0.717) is 16.4 Å². The van der Waals surface area contributed by atoms with Crippen molar-refractivity contribution >= 4 is 52.2 Å². The molecule has 5 nitrogen and oxygen atoms in total. The molecule has 9 heteroatoms. The van der Waals surface area contributed by atoms with Gasteiger partial charge in [0, 0.05) is 16.6 Å². The Bertz CT molecular complexity index is 1100. The fourth-order valence-electron chi connectivity index (χ4n) is 3.19. The number of carbonyl (C=O) groups excluding carboxylic acids is 1. The van der Waals surface area contributed by atoms with Gasteiger partial charge in [-0.15, -0.1) is 0 Å². The van der Waals surface area contributed by atoms with Crippen molar-refractivity contribution in [1.82, 2.24) is 9.99 Å². The molecule has 1 atom stereocenters. The number of hydrazone groups is 1. The van der Waals surface area contributed by atoms with Gasteiger partial charge in [0.25, 0.3) is 0 Å². The van der Waals surface area contributed by atoms with Crippen molar-refractivity contribution in [2.45, 2.75) is 5.92 Å². The predicted molar refractivity (Wildman–Crippen MR) is 117 cm³/mol. The highest BCUT2D eigenvalue weighted by atomic mass is 35.5. The second kappa shape index (κ2) is 8.60. The molecule has 152 valence electrons. The van der Waals surface area contributed by atoms with Gasteiger partial charge < -0.3 is 5.32 Å². The number of anilines is 1. The first-order chi connectivity index (χ1) is 14.4. The molecule has 3 aromatic rings. The zero-order chi connectivity index (χ0) is 21.3. The number of hydrogen-bond acceptors (Lipinski definition) is 3. The topological polar surface area (TPSA) is 57.6 Å². The fraction of sp³-hybridized carbons (Fsp3) is 0.0952. The number of amides is 2. The van der Waals surface area contributed by atoms with Crippen LogP contribution in [-0.4, -0.2) is 28.3 Å². The van der Waals surface area contributed by atoms with E-state index < -0.39 is 6.03 Å². The predicted octanol–water partition coefficient (Wildman–Crippen LogP) is 6.22. The molecule has 2 aromatic carbocycles. The standard InChI is InChI=1S/C21H14Cl3FN4O/c22-14-5-1-13(2-6-14)20-17(12-3-7-15(25)8-4-12)11-29(28-20)21(30)26-16-9-18(23)27-19(24)10-16/h1-10,17H,11H2,(H,26,27,30). The highest BCUT2D eigenvalue weighted by molar-refractivity contribution is 6.33. The van der Waals surface area contributed by atoms with Gasteiger partial charge in [0.15, 0.2) is 0 Å². The third-order valence-corrected chi connectivity index (χ3v) is 5.21. The fourth-order valence-corrected chi connectivity index (χ4v) is 3.78. The van der Waals surface area contributed by atoms with Crippen LogP contribution in [-0.2, 0) is 0 Å². The smallest absolute Gasteiger partial charge is 0.306 e. The van der Waals surface area contributed by atoms with Gasteiger partial charge in [-0.25, -0.2) is 19.2 Å². The molecule has 0 aliphatic carbocycles. The molecular weight excluding hydrogens is 450 g/mol. The zero-order valence-electron chi connectivity index (χ0n) is 15.3. The van der Waals surface area contributed by atoms with Gasteiger partial charge in [-0.1, -0.05) is 59.1 Å². The third kappa shape index (κ3) is 4.56. The summed E-state index contributed by atoms with van der Waals surface area (Å²) in [4.78, 5) is 16.7. The minimum absolute atomic E-state index is 0.161. The number of nitrogens with one attached hydrogen (secondary N) is 1. The summed E-state index contributed by atoms with van der Waals surface area (Å²) in [6.45, 7) is 0.280. The molecule has 1 aromatic heterocycles. The molecule has 0 spiro atoms. The molecule has 1 aliphatic heterocycles. The molecule has 2 amide bonds. The second-order valence-corrected chi connectivity index (χ2v) is 7.82. The number of halogens is 4. The van der Waals surface area contributed by atoms with Crippen LogP contribution >= 0.6 is 34.8 Å². The summed E-state index contributed by atoms with van der Waals surface area (Å²) >= 11 is 17.8. The molecule has 4 rings (SSSR count). The molecule has 2 heterocycles. The summed E-state index contributed by atoms with van der Waals surface area (Å²) in [6, 6.07) is 15.9. The lowest BCUT2D eigenvalue weighted by Crippen LogP contribution is -2.30. The van der Waals surface area contributed by atoms with E-state index in [2.05, 4.69) is 15.4 Å². The van der Waals surface area contributed by atoms with Crippen molar-refractivity contribution in [3.63, 3.8) is 0 Å². The average molecular weight is 464 g/mol. The highest BCUT2D eigenvalue weighted by Gasteiger charge is 2.32. The number of hydrogen-bond donors (Lipinski definition) is 1. The minimum Gasteiger partial charge on any atom is -0.306 e. The van der Waals surface area contributed by atoms with Gasteiger partial charge in [0.05, 0.1) is 12.3 Å². The van der Waals surface area contributed by atoms with Crippen molar-refractivity contribution in [2.24, 2.45) is 5.10 Å². The Kier molecular flexibility index (Phi) is 5.90. The zero-order valence-corrected chi connectivity index (χ0v) is 17.6. The molecule has 0 saturated carbocycles.